The lowest BCUT2D eigenvalue weighted by atomic mass is 9.90. The minimum Gasteiger partial charge on any atom is -0.494 e. The zero-order valence-electron chi connectivity index (χ0n) is 12.6. The Kier molecular flexibility index (Phi) is 4.56. The van der Waals surface area contributed by atoms with Crippen LogP contribution in [0.15, 0.2) is 48.5 Å². The molecule has 3 rings (SSSR count). The van der Waals surface area contributed by atoms with Crippen molar-refractivity contribution in [3.8, 4) is 16.9 Å². The summed E-state index contributed by atoms with van der Waals surface area (Å²) < 4.78 is 5.77. The number of rotatable bonds is 5. The highest BCUT2D eigenvalue weighted by atomic mass is 16.5. The van der Waals surface area contributed by atoms with Gasteiger partial charge in [0.2, 0.25) is 0 Å². The highest BCUT2D eigenvalue weighted by Gasteiger charge is 2.19. The fourth-order valence-electron chi connectivity index (χ4n) is 3.01. The van der Waals surface area contributed by atoms with Gasteiger partial charge in [-0.15, -0.1) is 0 Å². The minimum absolute atomic E-state index is 0.626. The van der Waals surface area contributed by atoms with E-state index in [-0.39, 0.29) is 0 Å². The molecule has 1 aliphatic heterocycles. The summed E-state index contributed by atoms with van der Waals surface area (Å²) in [6.45, 7) is 5.12. The molecule has 0 bridgehead atoms. The van der Waals surface area contributed by atoms with Gasteiger partial charge in [-0.1, -0.05) is 43.3 Å². The molecule has 0 radical (unpaired) electrons. The van der Waals surface area contributed by atoms with Gasteiger partial charge in [0, 0.05) is 6.54 Å². The highest BCUT2D eigenvalue weighted by molar-refractivity contribution is 5.69. The van der Waals surface area contributed by atoms with Crippen molar-refractivity contribution in [2.45, 2.75) is 25.7 Å². The molecule has 1 N–H and O–H groups in total. The van der Waals surface area contributed by atoms with E-state index >= 15 is 0 Å². The van der Waals surface area contributed by atoms with Gasteiger partial charge in [-0.25, -0.2) is 0 Å². The van der Waals surface area contributed by atoms with Gasteiger partial charge < -0.3 is 10.1 Å². The highest BCUT2D eigenvalue weighted by Crippen LogP contribution is 2.33. The van der Waals surface area contributed by atoms with E-state index in [1.165, 1.54) is 23.1 Å². The molecule has 1 atom stereocenters. The monoisotopic (exact) mass is 281 g/mol. The Balaban J connectivity index is 1.92. The quantitative estimate of drug-likeness (QED) is 0.886. The number of hydrogen-bond donors (Lipinski definition) is 1. The van der Waals surface area contributed by atoms with Gasteiger partial charge in [-0.3, -0.25) is 0 Å². The molecule has 2 heteroatoms. The van der Waals surface area contributed by atoms with Crippen molar-refractivity contribution >= 4 is 0 Å². The fraction of sp³-hybridized carbons (Fsp3) is 0.368. The van der Waals surface area contributed by atoms with Crippen molar-refractivity contribution < 1.29 is 4.74 Å². The predicted molar refractivity (Wildman–Crippen MR) is 87.9 cm³/mol. The largest absolute Gasteiger partial charge is 0.494 e. The van der Waals surface area contributed by atoms with Crippen LogP contribution < -0.4 is 10.1 Å². The summed E-state index contributed by atoms with van der Waals surface area (Å²) in [7, 11) is 0. The van der Waals surface area contributed by atoms with Crippen molar-refractivity contribution in [1.29, 1.82) is 0 Å². The molecule has 0 saturated carbocycles. The summed E-state index contributed by atoms with van der Waals surface area (Å²) in [5.74, 6) is 1.59. The van der Waals surface area contributed by atoms with Crippen molar-refractivity contribution in [3.05, 3.63) is 54.1 Å². The van der Waals surface area contributed by atoms with Crippen LogP contribution in [0.25, 0.3) is 11.1 Å². The SMILES string of the molecule is CCCOc1cccc(-c2ccccc2[C@H]2CCNC2)c1. The molecule has 1 saturated heterocycles. The smallest absolute Gasteiger partial charge is 0.119 e. The molecular formula is C19H23NO. The van der Waals surface area contributed by atoms with E-state index in [2.05, 4.69) is 54.7 Å². The summed E-state index contributed by atoms with van der Waals surface area (Å²) in [6, 6.07) is 17.2. The van der Waals surface area contributed by atoms with Crippen molar-refractivity contribution in [2.24, 2.45) is 0 Å². The molecule has 1 heterocycles. The van der Waals surface area contributed by atoms with Crippen LogP contribution in [0.1, 0.15) is 31.2 Å². The van der Waals surface area contributed by atoms with E-state index < -0.39 is 0 Å². The van der Waals surface area contributed by atoms with E-state index in [0.29, 0.717) is 5.92 Å². The van der Waals surface area contributed by atoms with Gasteiger partial charge in [-0.2, -0.15) is 0 Å². The van der Waals surface area contributed by atoms with Gasteiger partial charge in [0.05, 0.1) is 6.61 Å². The van der Waals surface area contributed by atoms with Gasteiger partial charge in [0.15, 0.2) is 0 Å². The molecule has 0 spiro atoms. The molecule has 1 aliphatic rings. The maximum absolute atomic E-state index is 5.77. The maximum Gasteiger partial charge on any atom is 0.119 e. The van der Waals surface area contributed by atoms with Crippen LogP contribution in [-0.4, -0.2) is 19.7 Å². The van der Waals surface area contributed by atoms with Crippen LogP contribution in [0.3, 0.4) is 0 Å². The summed E-state index contributed by atoms with van der Waals surface area (Å²) in [5, 5.41) is 3.46. The van der Waals surface area contributed by atoms with Crippen LogP contribution in [0.5, 0.6) is 5.75 Å². The molecule has 0 amide bonds. The third-order valence-corrected chi connectivity index (χ3v) is 4.08. The third-order valence-electron chi connectivity index (χ3n) is 4.08. The Bertz CT molecular complexity index is 588. The molecule has 0 aliphatic carbocycles. The molecule has 2 aromatic carbocycles. The number of ether oxygens (including phenoxy) is 1. The number of hydrogen-bond acceptors (Lipinski definition) is 2. The Morgan fingerprint density at radius 2 is 2.05 bits per heavy atom. The Morgan fingerprint density at radius 3 is 2.86 bits per heavy atom. The lowest BCUT2D eigenvalue weighted by Gasteiger charge is -2.15. The molecule has 21 heavy (non-hydrogen) atoms. The van der Waals surface area contributed by atoms with Gasteiger partial charge in [0.1, 0.15) is 5.75 Å². The molecule has 1 fully saturated rings. The Hall–Kier alpha value is -1.80. The topological polar surface area (TPSA) is 21.3 Å². The average Bonchev–Trinajstić information content (AvgIpc) is 3.07. The zero-order valence-corrected chi connectivity index (χ0v) is 12.6. The van der Waals surface area contributed by atoms with Crippen LogP contribution in [0, 0.1) is 0 Å². The second-order valence-electron chi connectivity index (χ2n) is 5.65. The Morgan fingerprint density at radius 1 is 1.14 bits per heavy atom. The fourth-order valence-corrected chi connectivity index (χ4v) is 3.01. The molecule has 2 aromatic rings. The average molecular weight is 281 g/mol. The number of benzene rings is 2. The molecule has 110 valence electrons. The lowest BCUT2D eigenvalue weighted by Crippen LogP contribution is -2.08. The molecule has 0 aromatic heterocycles. The van der Waals surface area contributed by atoms with E-state index in [1.807, 2.05) is 6.07 Å². The summed E-state index contributed by atoms with van der Waals surface area (Å²) in [5.41, 5.74) is 4.05. The van der Waals surface area contributed by atoms with Gasteiger partial charge in [0.25, 0.3) is 0 Å². The summed E-state index contributed by atoms with van der Waals surface area (Å²) in [6.07, 6.45) is 2.26. The molecular weight excluding hydrogens is 258 g/mol. The molecule has 0 unspecified atom stereocenters. The van der Waals surface area contributed by atoms with Gasteiger partial charge in [-0.05, 0) is 54.1 Å². The maximum atomic E-state index is 5.77. The first-order chi connectivity index (χ1) is 10.4. The predicted octanol–water partition coefficient (Wildman–Crippen LogP) is 4.22. The van der Waals surface area contributed by atoms with Crippen molar-refractivity contribution in [2.75, 3.05) is 19.7 Å². The summed E-state index contributed by atoms with van der Waals surface area (Å²) >= 11 is 0. The first-order valence-corrected chi connectivity index (χ1v) is 7.91. The first kappa shape index (κ1) is 14.2. The first-order valence-electron chi connectivity index (χ1n) is 7.91. The van der Waals surface area contributed by atoms with Crippen LogP contribution in [-0.2, 0) is 0 Å². The van der Waals surface area contributed by atoms with Crippen LogP contribution in [0.4, 0.5) is 0 Å². The second-order valence-corrected chi connectivity index (χ2v) is 5.65. The van der Waals surface area contributed by atoms with Crippen molar-refractivity contribution in [3.63, 3.8) is 0 Å². The normalized spacial score (nSPS) is 17.9. The second kappa shape index (κ2) is 6.77. The van der Waals surface area contributed by atoms with E-state index in [4.69, 9.17) is 4.74 Å². The zero-order chi connectivity index (χ0) is 14.5. The standard InChI is InChI=1S/C19H23NO/c1-2-12-21-17-7-5-6-15(13-17)18-8-3-4-9-19(18)16-10-11-20-14-16/h3-9,13,16,20H,2,10-12,14H2,1H3/t16-/m0/s1. The van der Waals surface area contributed by atoms with E-state index in [9.17, 15) is 0 Å². The lowest BCUT2D eigenvalue weighted by molar-refractivity contribution is 0.317. The van der Waals surface area contributed by atoms with Crippen molar-refractivity contribution in [1.82, 2.24) is 5.32 Å². The summed E-state index contributed by atoms with van der Waals surface area (Å²) in [4.78, 5) is 0. The number of nitrogens with one attached hydrogen (secondary N) is 1. The van der Waals surface area contributed by atoms with E-state index in [0.717, 1.165) is 31.9 Å². The third kappa shape index (κ3) is 3.27. The van der Waals surface area contributed by atoms with Crippen LogP contribution in [0.2, 0.25) is 0 Å². The minimum atomic E-state index is 0.626. The molecule has 2 nitrogen and oxygen atoms in total. The van der Waals surface area contributed by atoms with Crippen LogP contribution >= 0.6 is 0 Å². The van der Waals surface area contributed by atoms with Gasteiger partial charge >= 0.3 is 0 Å². The Labute approximate surface area is 127 Å². The van der Waals surface area contributed by atoms with E-state index in [1.54, 1.807) is 0 Å².